The van der Waals surface area contributed by atoms with E-state index < -0.39 is 0 Å². The van der Waals surface area contributed by atoms with Gasteiger partial charge in [-0.2, -0.15) is 0 Å². The minimum Gasteiger partial charge on any atom is -0.348 e. The van der Waals surface area contributed by atoms with Gasteiger partial charge >= 0.3 is 0 Å². The van der Waals surface area contributed by atoms with Crippen molar-refractivity contribution >= 4 is 16.9 Å². The van der Waals surface area contributed by atoms with Crippen molar-refractivity contribution in [2.24, 2.45) is 5.92 Å². The van der Waals surface area contributed by atoms with Crippen molar-refractivity contribution in [3.8, 4) is 0 Å². The Morgan fingerprint density at radius 2 is 1.95 bits per heavy atom. The van der Waals surface area contributed by atoms with Crippen LogP contribution >= 0.6 is 0 Å². The van der Waals surface area contributed by atoms with Gasteiger partial charge in [-0.05, 0) is 30.9 Å². The topological polar surface area (TPSA) is 54.9 Å². The van der Waals surface area contributed by atoms with E-state index in [-0.39, 0.29) is 11.9 Å². The summed E-state index contributed by atoms with van der Waals surface area (Å²) in [7, 11) is 0. The van der Waals surface area contributed by atoms with Crippen molar-refractivity contribution in [3.05, 3.63) is 36.2 Å². The molecule has 1 heterocycles. The normalized spacial score (nSPS) is 22.6. The average Bonchev–Trinajstić information content (AvgIpc) is 2.49. The number of aromatic nitrogens is 2. The molecule has 0 radical (unpaired) electrons. The Balaban J connectivity index is 1.78. The van der Waals surface area contributed by atoms with E-state index >= 15 is 0 Å². The summed E-state index contributed by atoms with van der Waals surface area (Å²) in [5.74, 6) is 0.433. The van der Waals surface area contributed by atoms with E-state index in [4.69, 9.17) is 0 Å². The molecule has 3 rings (SSSR count). The molecule has 20 heavy (non-hydrogen) atoms. The van der Waals surface area contributed by atoms with E-state index in [1.54, 1.807) is 6.20 Å². The summed E-state index contributed by atoms with van der Waals surface area (Å²) in [6.07, 6.45) is 6.27. The summed E-state index contributed by atoms with van der Waals surface area (Å²) >= 11 is 0. The van der Waals surface area contributed by atoms with Crippen molar-refractivity contribution in [3.63, 3.8) is 0 Å². The van der Waals surface area contributed by atoms with Crippen molar-refractivity contribution in [2.75, 3.05) is 0 Å². The van der Waals surface area contributed by atoms with Gasteiger partial charge < -0.3 is 5.32 Å². The fourth-order valence-corrected chi connectivity index (χ4v) is 2.84. The van der Waals surface area contributed by atoms with Crippen molar-refractivity contribution in [1.82, 2.24) is 15.3 Å². The molecule has 1 aromatic carbocycles. The van der Waals surface area contributed by atoms with Gasteiger partial charge in [0, 0.05) is 6.04 Å². The summed E-state index contributed by atoms with van der Waals surface area (Å²) < 4.78 is 0. The van der Waals surface area contributed by atoms with E-state index in [0.717, 1.165) is 17.5 Å². The zero-order chi connectivity index (χ0) is 13.9. The highest BCUT2D eigenvalue weighted by Crippen LogP contribution is 2.23. The van der Waals surface area contributed by atoms with Gasteiger partial charge in [-0.3, -0.25) is 9.78 Å². The summed E-state index contributed by atoms with van der Waals surface area (Å²) in [6.45, 7) is 2.20. The van der Waals surface area contributed by atoms with Gasteiger partial charge in [0.05, 0.1) is 17.2 Å². The zero-order valence-corrected chi connectivity index (χ0v) is 11.7. The standard InChI is InChI=1S/C16H19N3O/c1-11-6-2-3-7-12(11)19-16(20)15-10-17-13-8-4-5-9-14(13)18-15/h4-5,8-12H,2-3,6-7H2,1H3,(H,19,20)/t11-,12-/m0/s1. The Bertz CT molecular complexity index is 626. The number of amides is 1. The van der Waals surface area contributed by atoms with E-state index in [1.165, 1.54) is 19.3 Å². The first-order valence-corrected chi connectivity index (χ1v) is 7.27. The van der Waals surface area contributed by atoms with Gasteiger partial charge in [0.2, 0.25) is 0 Å². The number of nitrogens with one attached hydrogen (secondary N) is 1. The predicted molar refractivity (Wildman–Crippen MR) is 78.4 cm³/mol. The molecule has 1 aromatic heterocycles. The number of carbonyl (C=O) groups is 1. The summed E-state index contributed by atoms with van der Waals surface area (Å²) in [4.78, 5) is 21.0. The van der Waals surface area contributed by atoms with Gasteiger partial charge in [0.1, 0.15) is 5.69 Å². The van der Waals surface area contributed by atoms with Crippen molar-refractivity contribution in [1.29, 1.82) is 0 Å². The fourth-order valence-electron chi connectivity index (χ4n) is 2.84. The zero-order valence-electron chi connectivity index (χ0n) is 11.7. The van der Waals surface area contributed by atoms with Gasteiger partial charge in [-0.25, -0.2) is 4.98 Å². The molecule has 0 spiro atoms. The van der Waals surface area contributed by atoms with Crippen LogP contribution in [0.1, 0.15) is 43.1 Å². The lowest BCUT2D eigenvalue weighted by Crippen LogP contribution is -2.41. The fraction of sp³-hybridized carbons (Fsp3) is 0.438. The van der Waals surface area contributed by atoms with Crippen molar-refractivity contribution < 1.29 is 4.79 Å². The minimum atomic E-state index is -0.109. The third-order valence-electron chi connectivity index (χ3n) is 4.11. The highest BCUT2D eigenvalue weighted by Gasteiger charge is 2.23. The van der Waals surface area contributed by atoms with Crippen LogP contribution in [0.15, 0.2) is 30.5 Å². The van der Waals surface area contributed by atoms with Crippen LogP contribution in [0.4, 0.5) is 0 Å². The number of carbonyl (C=O) groups excluding carboxylic acids is 1. The second-order valence-corrected chi connectivity index (χ2v) is 5.59. The molecule has 0 aliphatic heterocycles. The van der Waals surface area contributed by atoms with Crippen LogP contribution < -0.4 is 5.32 Å². The number of fused-ring (bicyclic) bond motifs is 1. The molecule has 0 bridgehead atoms. The van der Waals surface area contributed by atoms with Crippen LogP contribution in [-0.2, 0) is 0 Å². The predicted octanol–water partition coefficient (Wildman–Crippen LogP) is 2.94. The van der Waals surface area contributed by atoms with Crippen LogP contribution in [0.3, 0.4) is 0 Å². The monoisotopic (exact) mass is 269 g/mol. The molecular formula is C16H19N3O. The molecule has 104 valence electrons. The molecule has 4 heteroatoms. The van der Waals surface area contributed by atoms with E-state index in [2.05, 4.69) is 22.2 Å². The number of rotatable bonds is 2. The maximum absolute atomic E-state index is 12.3. The second kappa shape index (κ2) is 5.57. The second-order valence-electron chi connectivity index (χ2n) is 5.59. The lowest BCUT2D eigenvalue weighted by atomic mass is 9.86. The Labute approximate surface area is 118 Å². The molecule has 1 aliphatic rings. The number of hydrogen-bond acceptors (Lipinski definition) is 3. The van der Waals surface area contributed by atoms with Gasteiger partial charge in [0.15, 0.2) is 0 Å². The highest BCUT2D eigenvalue weighted by molar-refractivity contribution is 5.93. The SMILES string of the molecule is C[C@H]1CCCC[C@@H]1NC(=O)c1cnc2ccccc2n1. The number of nitrogens with zero attached hydrogens (tertiary/aromatic N) is 2. The summed E-state index contributed by atoms with van der Waals surface area (Å²) in [5.41, 5.74) is 1.98. The third kappa shape index (κ3) is 2.64. The van der Waals surface area contributed by atoms with Crippen LogP contribution in [0, 0.1) is 5.92 Å². The first-order valence-electron chi connectivity index (χ1n) is 7.27. The quantitative estimate of drug-likeness (QED) is 0.912. The van der Waals surface area contributed by atoms with Gasteiger partial charge in [-0.15, -0.1) is 0 Å². The largest absolute Gasteiger partial charge is 0.348 e. The molecule has 1 amide bonds. The lowest BCUT2D eigenvalue weighted by Gasteiger charge is -2.29. The van der Waals surface area contributed by atoms with Crippen LogP contribution in [-0.4, -0.2) is 21.9 Å². The maximum atomic E-state index is 12.3. The molecular weight excluding hydrogens is 250 g/mol. The first-order chi connectivity index (χ1) is 9.74. The molecule has 4 nitrogen and oxygen atoms in total. The van der Waals surface area contributed by atoms with Crippen LogP contribution in [0.25, 0.3) is 11.0 Å². The highest BCUT2D eigenvalue weighted by atomic mass is 16.1. The molecule has 1 saturated carbocycles. The smallest absolute Gasteiger partial charge is 0.271 e. The Kier molecular flexibility index (Phi) is 3.63. The maximum Gasteiger partial charge on any atom is 0.271 e. The van der Waals surface area contributed by atoms with Crippen LogP contribution in [0.2, 0.25) is 0 Å². The van der Waals surface area contributed by atoms with Gasteiger partial charge in [-0.1, -0.05) is 31.9 Å². The molecule has 1 N–H and O–H groups in total. The lowest BCUT2D eigenvalue weighted by molar-refractivity contribution is 0.0905. The van der Waals surface area contributed by atoms with Crippen molar-refractivity contribution in [2.45, 2.75) is 38.6 Å². The summed E-state index contributed by atoms with van der Waals surface area (Å²) in [5, 5.41) is 3.11. The van der Waals surface area contributed by atoms with Crippen LogP contribution in [0.5, 0.6) is 0 Å². The third-order valence-corrected chi connectivity index (χ3v) is 4.11. The number of hydrogen-bond donors (Lipinski definition) is 1. The molecule has 2 atom stereocenters. The average molecular weight is 269 g/mol. The minimum absolute atomic E-state index is 0.109. The molecule has 2 aromatic rings. The first kappa shape index (κ1) is 13.0. The van der Waals surface area contributed by atoms with E-state index in [1.807, 2.05) is 24.3 Å². The molecule has 1 aliphatic carbocycles. The summed E-state index contributed by atoms with van der Waals surface area (Å²) in [6, 6.07) is 7.86. The Hall–Kier alpha value is -1.97. The Morgan fingerprint density at radius 3 is 2.75 bits per heavy atom. The molecule has 1 fully saturated rings. The number of para-hydroxylation sites is 2. The van der Waals surface area contributed by atoms with E-state index in [0.29, 0.717) is 11.6 Å². The Morgan fingerprint density at radius 1 is 1.20 bits per heavy atom. The van der Waals surface area contributed by atoms with Gasteiger partial charge in [0.25, 0.3) is 5.91 Å². The molecule has 0 unspecified atom stereocenters. The number of benzene rings is 1. The molecule has 0 saturated heterocycles. The van der Waals surface area contributed by atoms with E-state index in [9.17, 15) is 4.79 Å².